The molecule has 1 N–H and O–H groups in total. The normalized spacial score (nSPS) is 15.6. The monoisotopic (exact) mass is 400 g/mol. The van der Waals surface area contributed by atoms with E-state index in [2.05, 4.69) is 10.3 Å². The molecule has 2 heterocycles. The maximum atomic E-state index is 12.8. The predicted molar refractivity (Wildman–Crippen MR) is 104 cm³/mol. The van der Waals surface area contributed by atoms with Crippen LogP contribution in [0.2, 0.25) is 0 Å². The third-order valence-corrected chi connectivity index (χ3v) is 6.46. The van der Waals surface area contributed by atoms with Crippen molar-refractivity contribution in [3.8, 4) is 0 Å². The lowest BCUT2D eigenvalue weighted by molar-refractivity contribution is -0.116. The van der Waals surface area contributed by atoms with E-state index >= 15 is 0 Å². The molecule has 1 aliphatic heterocycles. The second-order valence-corrected chi connectivity index (χ2v) is 8.39. The lowest BCUT2D eigenvalue weighted by Gasteiger charge is -2.26. The first-order valence-electron chi connectivity index (χ1n) is 8.92. The molecule has 9 heteroatoms. The molecule has 1 aromatic heterocycles. The molecule has 1 aliphatic rings. The Morgan fingerprint density at radius 1 is 1.11 bits per heavy atom. The van der Waals surface area contributed by atoms with E-state index in [1.165, 1.54) is 16.4 Å². The number of anilines is 1. The molecule has 0 bridgehead atoms. The summed E-state index contributed by atoms with van der Waals surface area (Å²) >= 11 is 0. The summed E-state index contributed by atoms with van der Waals surface area (Å²) in [5, 5.41) is 2.77. The minimum atomic E-state index is -3.61. The highest BCUT2D eigenvalue weighted by atomic mass is 32.2. The van der Waals surface area contributed by atoms with Crippen molar-refractivity contribution in [3.05, 3.63) is 54.9 Å². The SMILES string of the molecule is O=C(Cn1cnc2ccccc21)Nc1cccc(S(=O)(=O)N2CCOCC2)c1. The fraction of sp³-hybridized carbons (Fsp3) is 0.263. The number of ether oxygens (including phenoxy) is 1. The summed E-state index contributed by atoms with van der Waals surface area (Å²) in [5.74, 6) is -0.260. The molecule has 146 valence electrons. The van der Waals surface area contributed by atoms with E-state index in [4.69, 9.17) is 4.74 Å². The van der Waals surface area contributed by atoms with Gasteiger partial charge in [0.25, 0.3) is 0 Å². The molecule has 2 aromatic carbocycles. The van der Waals surface area contributed by atoms with Crippen LogP contribution in [0.4, 0.5) is 5.69 Å². The van der Waals surface area contributed by atoms with Crippen molar-refractivity contribution in [3.63, 3.8) is 0 Å². The molecule has 1 fully saturated rings. The molecule has 0 saturated carbocycles. The molecule has 0 atom stereocenters. The van der Waals surface area contributed by atoms with Crippen molar-refractivity contribution in [2.24, 2.45) is 0 Å². The summed E-state index contributed by atoms with van der Waals surface area (Å²) in [6, 6.07) is 13.9. The maximum absolute atomic E-state index is 12.8. The lowest BCUT2D eigenvalue weighted by Crippen LogP contribution is -2.40. The smallest absolute Gasteiger partial charge is 0.244 e. The number of para-hydroxylation sites is 2. The number of hydrogen-bond donors (Lipinski definition) is 1. The standard InChI is InChI=1S/C19H20N4O4S/c24-19(13-22-14-20-17-6-1-2-7-18(17)22)21-15-4-3-5-16(12-15)28(25,26)23-8-10-27-11-9-23/h1-7,12,14H,8-11,13H2,(H,21,24). The first-order valence-corrected chi connectivity index (χ1v) is 10.4. The van der Waals surface area contributed by atoms with Crippen LogP contribution in [-0.4, -0.2) is 54.5 Å². The van der Waals surface area contributed by atoms with Crippen LogP contribution in [0.5, 0.6) is 0 Å². The molecule has 1 saturated heterocycles. The topological polar surface area (TPSA) is 93.5 Å². The number of hydrogen-bond acceptors (Lipinski definition) is 5. The van der Waals surface area contributed by atoms with Crippen LogP contribution in [0.3, 0.4) is 0 Å². The zero-order valence-electron chi connectivity index (χ0n) is 15.1. The third kappa shape index (κ3) is 3.77. The number of benzene rings is 2. The van der Waals surface area contributed by atoms with E-state index < -0.39 is 10.0 Å². The summed E-state index contributed by atoms with van der Waals surface area (Å²) in [5.41, 5.74) is 2.11. The van der Waals surface area contributed by atoms with Crippen molar-refractivity contribution in [2.45, 2.75) is 11.4 Å². The van der Waals surface area contributed by atoms with E-state index in [0.717, 1.165) is 11.0 Å². The van der Waals surface area contributed by atoms with Gasteiger partial charge >= 0.3 is 0 Å². The number of imidazole rings is 1. The highest BCUT2D eigenvalue weighted by Crippen LogP contribution is 2.21. The van der Waals surface area contributed by atoms with Gasteiger partial charge < -0.3 is 14.6 Å². The number of rotatable bonds is 5. The molecule has 1 amide bonds. The van der Waals surface area contributed by atoms with Gasteiger partial charge in [0.1, 0.15) is 6.54 Å². The zero-order valence-corrected chi connectivity index (χ0v) is 15.9. The number of nitrogens with one attached hydrogen (secondary N) is 1. The Morgan fingerprint density at radius 3 is 2.71 bits per heavy atom. The van der Waals surface area contributed by atoms with Crippen LogP contribution >= 0.6 is 0 Å². The van der Waals surface area contributed by atoms with Crippen LogP contribution in [0.25, 0.3) is 11.0 Å². The molecule has 28 heavy (non-hydrogen) atoms. The number of sulfonamides is 1. The third-order valence-electron chi connectivity index (χ3n) is 4.57. The minimum absolute atomic E-state index is 0.0843. The average Bonchev–Trinajstić information content (AvgIpc) is 3.12. The van der Waals surface area contributed by atoms with E-state index in [1.807, 2.05) is 24.3 Å². The molecule has 0 aliphatic carbocycles. The first-order chi connectivity index (χ1) is 13.5. The van der Waals surface area contributed by atoms with Gasteiger partial charge in [0.05, 0.1) is 35.5 Å². The van der Waals surface area contributed by atoms with Gasteiger partial charge in [-0.1, -0.05) is 18.2 Å². The Balaban J connectivity index is 1.49. The van der Waals surface area contributed by atoms with Crippen molar-refractivity contribution in [1.29, 1.82) is 0 Å². The molecule has 0 unspecified atom stereocenters. The highest BCUT2D eigenvalue weighted by molar-refractivity contribution is 7.89. The molecular weight excluding hydrogens is 380 g/mol. The Hall–Kier alpha value is -2.75. The molecule has 0 radical (unpaired) electrons. The van der Waals surface area contributed by atoms with Crippen LogP contribution < -0.4 is 5.32 Å². The number of carbonyl (C=O) groups is 1. The fourth-order valence-electron chi connectivity index (χ4n) is 3.16. The van der Waals surface area contributed by atoms with Gasteiger partial charge in [-0.3, -0.25) is 4.79 Å². The Labute approximate surface area is 162 Å². The van der Waals surface area contributed by atoms with Gasteiger partial charge in [0.15, 0.2) is 0 Å². The number of aromatic nitrogens is 2. The van der Waals surface area contributed by atoms with Gasteiger partial charge in [-0.05, 0) is 30.3 Å². The van der Waals surface area contributed by atoms with E-state index in [0.29, 0.717) is 32.0 Å². The highest BCUT2D eigenvalue weighted by Gasteiger charge is 2.26. The molecule has 0 spiro atoms. The molecular formula is C19H20N4O4S. The van der Waals surface area contributed by atoms with Gasteiger partial charge in [-0.2, -0.15) is 4.31 Å². The predicted octanol–water partition coefficient (Wildman–Crippen LogP) is 1.70. The fourth-order valence-corrected chi connectivity index (χ4v) is 4.62. The minimum Gasteiger partial charge on any atom is -0.379 e. The van der Waals surface area contributed by atoms with E-state index in [1.54, 1.807) is 23.0 Å². The lowest BCUT2D eigenvalue weighted by atomic mass is 10.3. The molecule has 4 rings (SSSR count). The summed E-state index contributed by atoms with van der Waals surface area (Å²) in [7, 11) is -3.61. The van der Waals surface area contributed by atoms with Crippen molar-refractivity contribution >= 4 is 32.7 Å². The van der Waals surface area contributed by atoms with Gasteiger partial charge in [-0.15, -0.1) is 0 Å². The second kappa shape index (κ2) is 7.70. The first kappa shape index (κ1) is 18.6. The molecule has 3 aromatic rings. The number of morpholine rings is 1. The second-order valence-electron chi connectivity index (χ2n) is 6.45. The number of amides is 1. The zero-order chi connectivity index (χ0) is 19.6. The van der Waals surface area contributed by atoms with Crippen molar-refractivity contribution in [2.75, 3.05) is 31.6 Å². The average molecular weight is 400 g/mol. The van der Waals surface area contributed by atoms with Gasteiger partial charge in [0.2, 0.25) is 15.9 Å². The van der Waals surface area contributed by atoms with Crippen molar-refractivity contribution in [1.82, 2.24) is 13.9 Å². The van der Waals surface area contributed by atoms with Crippen molar-refractivity contribution < 1.29 is 17.9 Å². The Bertz CT molecular complexity index is 1100. The summed E-state index contributed by atoms with van der Waals surface area (Å²) in [6.07, 6.45) is 1.61. The van der Waals surface area contributed by atoms with E-state index in [-0.39, 0.29) is 17.3 Å². The largest absolute Gasteiger partial charge is 0.379 e. The van der Waals surface area contributed by atoms with Crippen LogP contribution in [0.15, 0.2) is 59.8 Å². The van der Waals surface area contributed by atoms with E-state index in [9.17, 15) is 13.2 Å². The number of carbonyl (C=O) groups excluding carboxylic acids is 1. The maximum Gasteiger partial charge on any atom is 0.244 e. The van der Waals surface area contributed by atoms with Gasteiger partial charge in [-0.25, -0.2) is 13.4 Å². The summed E-state index contributed by atoms with van der Waals surface area (Å²) < 4.78 is 33.9. The Kier molecular flexibility index (Phi) is 5.12. The number of nitrogens with zero attached hydrogens (tertiary/aromatic N) is 3. The summed E-state index contributed by atoms with van der Waals surface area (Å²) in [6.45, 7) is 1.50. The molecule has 8 nitrogen and oxygen atoms in total. The van der Waals surface area contributed by atoms with Crippen LogP contribution in [0, 0.1) is 0 Å². The number of fused-ring (bicyclic) bond motifs is 1. The van der Waals surface area contributed by atoms with Crippen LogP contribution in [0.1, 0.15) is 0 Å². The Morgan fingerprint density at radius 2 is 1.89 bits per heavy atom. The van der Waals surface area contributed by atoms with Gasteiger partial charge in [0, 0.05) is 18.8 Å². The van der Waals surface area contributed by atoms with Crippen LogP contribution in [-0.2, 0) is 26.1 Å². The quantitative estimate of drug-likeness (QED) is 0.704. The summed E-state index contributed by atoms with van der Waals surface area (Å²) in [4.78, 5) is 16.9.